The normalized spacial score (nSPS) is 32.2. The van der Waals surface area contributed by atoms with E-state index >= 15 is 0 Å². The molecule has 1 aliphatic rings. The SMILES string of the molecule is C=C[C@@H]1C[C@]1(C(N)=O)C(=O)OC. The Labute approximate surface area is 70.4 Å². The summed E-state index contributed by atoms with van der Waals surface area (Å²) in [6.45, 7) is 3.50. The van der Waals surface area contributed by atoms with Crippen LogP contribution < -0.4 is 5.73 Å². The van der Waals surface area contributed by atoms with E-state index in [0.29, 0.717) is 6.42 Å². The van der Waals surface area contributed by atoms with E-state index in [0.717, 1.165) is 0 Å². The number of rotatable bonds is 3. The molecule has 0 bridgehead atoms. The molecule has 1 saturated carbocycles. The molecule has 0 radical (unpaired) electrons. The number of allylic oxidation sites excluding steroid dienone is 1. The number of primary amides is 1. The van der Waals surface area contributed by atoms with Crippen LogP contribution in [0.2, 0.25) is 0 Å². The zero-order valence-electron chi connectivity index (χ0n) is 6.87. The van der Waals surface area contributed by atoms with E-state index in [4.69, 9.17) is 5.73 Å². The van der Waals surface area contributed by atoms with Crippen LogP contribution in [0.5, 0.6) is 0 Å². The highest BCUT2D eigenvalue weighted by molar-refractivity contribution is 6.05. The molecule has 0 aromatic heterocycles. The van der Waals surface area contributed by atoms with Gasteiger partial charge in [0.25, 0.3) is 0 Å². The number of carbonyl (C=O) groups is 2. The summed E-state index contributed by atoms with van der Waals surface area (Å²) in [5.41, 5.74) is 3.97. The van der Waals surface area contributed by atoms with Gasteiger partial charge in [-0.25, -0.2) is 0 Å². The van der Waals surface area contributed by atoms with Gasteiger partial charge >= 0.3 is 5.97 Å². The molecule has 0 aromatic rings. The van der Waals surface area contributed by atoms with Crippen LogP contribution in [0.15, 0.2) is 12.7 Å². The first-order valence-corrected chi connectivity index (χ1v) is 3.60. The van der Waals surface area contributed by atoms with E-state index in [-0.39, 0.29) is 5.92 Å². The molecule has 1 aliphatic carbocycles. The summed E-state index contributed by atoms with van der Waals surface area (Å²) in [4.78, 5) is 22.1. The second kappa shape index (κ2) is 2.62. The number of nitrogens with two attached hydrogens (primary N) is 1. The van der Waals surface area contributed by atoms with Gasteiger partial charge in [0.15, 0.2) is 5.41 Å². The van der Waals surface area contributed by atoms with Gasteiger partial charge in [-0.15, -0.1) is 6.58 Å². The summed E-state index contributed by atoms with van der Waals surface area (Å²) in [6.07, 6.45) is 1.99. The Kier molecular flexibility index (Phi) is 1.92. The lowest BCUT2D eigenvalue weighted by atomic mass is 10.0. The van der Waals surface area contributed by atoms with Crippen LogP contribution >= 0.6 is 0 Å². The predicted octanol–water partition coefficient (Wildman–Crippen LogP) is -0.163. The van der Waals surface area contributed by atoms with Crippen molar-refractivity contribution in [3.8, 4) is 0 Å². The molecule has 0 aromatic carbocycles. The van der Waals surface area contributed by atoms with Gasteiger partial charge in [-0.2, -0.15) is 0 Å². The summed E-state index contributed by atoms with van der Waals surface area (Å²) < 4.78 is 4.48. The van der Waals surface area contributed by atoms with Crippen LogP contribution in [0.25, 0.3) is 0 Å². The van der Waals surface area contributed by atoms with Gasteiger partial charge in [0.05, 0.1) is 7.11 Å². The summed E-state index contributed by atoms with van der Waals surface area (Å²) in [5, 5.41) is 0. The molecule has 0 unspecified atom stereocenters. The third-order valence-corrected chi connectivity index (χ3v) is 2.29. The Morgan fingerprint density at radius 1 is 1.75 bits per heavy atom. The summed E-state index contributed by atoms with van der Waals surface area (Å²) in [6, 6.07) is 0. The maximum absolute atomic E-state index is 11.1. The molecular formula is C8H11NO3. The molecule has 1 fully saturated rings. The summed E-state index contributed by atoms with van der Waals surface area (Å²) >= 11 is 0. The lowest BCUT2D eigenvalue weighted by Gasteiger charge is -2.08. The van der Waals surface area contributed by atoms with E-state index in [1.54, 1.807) is 6.08 Å². The van der Waals surface area contributed by atoms with E-state index in [2.05, 4.69) is 11.3 Å². The number of hydrogen-bond acceptors (Lipinski definition) is 3. The largest absolute Gasteiger partial charge is 0.468 e. The third-order valence-electron chi connectivity index (χ3n) is 2.29. The van der Waals surface area contributed by atoms with Crippen LogP contribution in [-0.4, -0.2) is 19.0 Å². The smallest absolute Gasteiger partial charge is 0.321 e. The zero-order valence-corrected chi connectivity index (χ0v) is 6.87. The van der Waals surface area contributed by atoms with Crippen molar-refractivity contribution in [2.45, 2.75) is 6.42 Å². The van der Waals surface area contributed by atoms with Crippen molar-refractivity contribution in [2.75, 3.05) is 7.11 Å². The highest BCUT2D eigenvalue weighted by atomic mass is 16.5. The maximum Gasteiger partial charge on any atom is 0.321 e. The van der Waals surface area contributed by atoms with E-state index in [1.807, 2.05) is 0 Å². The van der Waals surface area contributed by atoms with Crippen molar-refractivity contribution in [1.29, 1.82) is 0 Å². The Bertz CT molecular complexity index is 249. The second-order valence-electron chi connectivity index (χ2n) is 2.87. The molecule has 4 heteroatoms. The maximum atomic E-state index is 11.1. The molecule has 4 nitrogen and oxygen atoms in total. The van der Waals surface area contributed by atoms with E-state index < -0.39 is 17.3 Å². The quantitative estimate of drug-likeness (QED) is 0.362. The fourth-order valence-electron chi connectivity index (χ4n) is 1.37. The van der Waals surface area contributed by atoms with Gasteiger partial charge in [0, 0.05) is 5.92 Å². The van der Waals surface area contributed by atoms with Gasteiger partial charge in [0.1, 0.15) is 0 Å². The Hall–Kier alpha value is -1.32. The molecule has 0 heterocycles. The molecule has 12 heavy (non-hydrogen) atoms. The second-order valence-corrected chi connectivity index (χ2v) is 2.87. The molecule has 1 rings (SSSR count). The van der Waals surface area contributed by atoms with Gasteiger partial charge in [-0.05, 0) is 6.42 Å². The monoisotopic (exact) mass is 169 g/mol. The lowest BCUT2D eigenvalue weighted by Crippen LogP contribution is -2.34. The fraction of sp³-hybridized carbons (Fsp3) is 0.500. The molecule has 2 N–H and O–H groups in total. The minimum atomic E-state index is -1.11. The predicted molar refractivity (Wildman–Crippen MR) is 41.9 cm³/mol. The number of carbonyl (C=O) groups excluding carboxylic acids is 2. The zero-order chi connectivity index (χ0) is 9.35. The average molecular weight is 169 g/mol. The van der Waals surface area contributed by atoms with Gasteiger partial charge < -0.3 is 10.5 Å². The van der Waals surface area contributed by atoms with Crippen LogP contribution in [0, 0.1) is 11.3 Å². The molecule has 0 aliphatic heterocycles. The van der Waals surface area contributed by atoms with Crippen LogP contribution in [0.3, 0.4) is 0 Å². The number of hydrogen-bond donors (Lipinski definition) is 1. The van der Waals surface area contributed by atoms with Crippen molar-refractivity contribution in [3.05, 3.63) is 12.7 Å². The molecular weight excluding hydrogens is 158 g/mol. The van der Waals surface area contributed by atoms with E-state index in [9.17, 15) is 9.59 Å². The Balaban J connectivity index is 2.85. The lowest BCUT2D eigenvalue weighted by molar-refractivity contribution is -0.151. The first-order valence-electron chi connectivity index (χ1n) is 3.60. The van der Waals surface area contributed by atoms with Crippen molar-refractivity contribution >= 4 is 11.9 Å². The summed E-state index contributed by atoms with van der Waals surface area (Å²) in [7, 11) is 1.24. The summed E-state index contributed by atoms with van der Waals surface area (Å²) in [5.74, 6) is -1.33. The minimum absolute atomic E-state index is 0.151. The van der Waals surface area contributed by atoms with Gasteiger partial charge in [-0.1, -0.05) is 6.08 Å². The van der Waals surface area contributed by atoms with Crippen molar-refractivity contribution in [2.24, 2.45) is 17.1 Å². The standard InChI is InChI=1S/C8H11NO3/c1-3-5-4-8(5,6(9)10)7(11)12-2/h3,5H,1,4H2,2H3,(H2,9,10)/t5-,8+/m1/s1. The van der Waals surface area contributed by atoms with E-state index in [1.165, 1.54) is 7.11 Å². The highest BCUT2D eigenvalue weighted by Crippen LogP contribution is 2.53. The third kappa shape index (κ3) is 0.913. The molecule has 0 saturated heterocycles. The fourth-order valence-corrected chi connectivity index (χ4v) is 1.37. The van der Waals surface area contributed by atoms with Gasteiger partial charge in [-0.3, -0.25) is 9.59 Å². The van der Waals surface area contributed by atoms with Crippen LogP contribution in [0.1, 0.15) is 6.42 Å². The minimum Gasteiger partial charge on any atom is -0.468 e. The van der Waals surface area contributed by atoms with Crippen LogP contribution in [0.4, 0.5) is 0 Å². The first-order chi connectivity index (χ1) is 5.59. The van der Waals surface area contributed by atoms with Crippen molar-refractivity contribution < 1.29 is 14.3 Å². The number of methoxy groups -OCH3 is 1. The van der Waals surface area contributed by atoms with Crippen molar-refractivity contribution in [1.82, 2.24) is 0 Å². The Morgan fingerprint density at radius 3 is 2.58 bits per heavy atom. The number of ether oxygens (including phenoxy) is 1. The number of esters is 1. The molecule has 66 valence electrons. The first kappa shape index (κ1) is 8.77. The molecule has 2 atom stereocenters. The highest BCUT2D eigenvalue weighted by Gasteiger charge is 2.64. The molecule has 0 spiro atoms. The molecule has 1 amide bonds. The Morgan fingerprint density at radius 2 is 2.33 bits per heavy atom. The average Bonchev–Trinajstić information content (AvgIpc) is 2.78. The van der Waals surface area contributed by atoms with Crippen LogP contribution in [-0.2, 0) is 14.3 Å². The number of amides is 1. The topological polar surface area (TPSA) is 69.4 Å². The van der Waals surface area contributed by atoms with Crippen molar-refractivity contribution in [3.63, 3.8) is 0 Å². The van der Waals surface area contributed by atoms with Gasteiger partial charge in [0.2, 0.25) is 5.91 Å².